The number of benzene rings is 1. The van der Waals surface area contributed by atoms with E-state index in [0.29, 0.717) is 12.3 Å². The van der Waals surface area contributed by atoms with E-state index in [1.807, 2.05) is 33.8 Å². The lowest BCUT2D eigenvalue weighted by Gasteiger charge is -2.28. The highest BCUT2D eigenvalue weighted by molar-refractivity contribution is 6.03. The van der Waals surface area contributed by atoms with Gasteiger partial charge >= 0.3 is 0 Å². The molecule has 0 aliphatic carbocycles. The molecule has 0 aromatic heterocycles. The van der Waals surface area contributed by atoms with Crippen LogP contribution in [0, 0.1) is 12.8 Å². The maximum absolute atomic E-state index is 12.9. The lowest BCUT2D eigenvalue weighted by Crippen LogP contribution is -2.50. The number of carbonyl (C=O) groups excluding carboxylic acids is 2. The van der Waals surface area contributed by atoms with Gasteiger partial charge in [0, 0.05) is 11.2 Å². The van der Waals surface area contributed by atoms with Crippen molar-refractivity contribution >= 4 is 17.5 Å². The highest BCUT2D eigenvalue weighted by Crippen LogP contribution is 2.39. The second-order valence-electron chi connectivity index (χ2n) is 8.48. The minimum absolute atomic E-state index is 0.00886. The molecule has 5 nitrogen and oxygen atoms in total. The van der Waals surface area contributed by atoms with Crippen LogP contribution in [0.1, 0.15) is 58.1 Å². The number of amides is 2. The summed E-state index contributed by atoms with van der Waals surface area (Å²) in [6.45, 7) is 12.1. The first-order valence-electron chi connectivity index (χ1n) is 8.98. The van der Waals surface area contributed by atoms with Gasteiger partial charge in [-0.05, 0) is 63.1 Å². The molecule has 1 aliphatic rings. The average molecular weight is 345 g/mol. The van der Waals surface area contributed by atoms with Gasteiger partial charge in [-0.2, -0.15) is 0 Å². The number of nitrogens with one attached hydrogen (secondary N) is 1. The Morgan fingerprint density at radius 3 is 2.56 bits per heavy atom. The molecule has 2 rings (SSSR count). The molecular formula is C20H31N3O2. The van der Waals surface area contributed by atoms with Crippen molar-refractivity contribution in [3.63, 3.8) is 0 Å². The van der Waals surface area contributed by atoms with Gasteiger partial charge in [0.25, 0.3) is 0 Å². The van der Waals surface area contributed by atoms with Gasteiger partial charge in [-0.15, -0.1) is 0 Å². The van der Waals surface area contributed by atoms with Crippen LogP contribution in [0.25, 0.3) is 0 Å². The molecule has 0 fully saturated rings. The molecule has 0 radical (unpaired) electrons. The summed E-state index contributed by atoms with van der Waals surface area (Å²) in [4.78, 5) is 26.9. The average Bonchev–Trinajstić information content (AvgIpc) is 2.56. The number of nitrogens with two attached hydrogens (primary N) is 1. The third-order valence-electron chi connectivity index (χ3n) is 4.59. The van der Waals surface area contributed by atoms with E-state index in [0.717, 1.165) is 16.8 Å². The number of fused-ring (bicyclic) bond motifs is 1. The van der Waals surface area contributed by atoms with Crippen LogP contribution < -0.4 is 16.0 Å². The number of nitrogens with zero attached hydrogens (tertiary/aromatic N) is 1. The normalized spacial score (nSPS) is 21.1. The molecule has 1 aromatic rings. The molecule has 1 aromatic carbocycles. The maximum atomic E-state index is 12.9. The summed E-state index contributed by atoms with van der Waals surface area (Å²) in [5.41, 5.74) is 8.83. The van der Waals surface area contributed by atoms with Crippen LogP contribution in [0.15, 0.2) is 18.2 Å². The Bertz CT molecular complexity index is 661. The Balaban J connectivity index is 2.45. The first kappa shape index (κ1) is 19.4. The summed E-state index contributed by atoms with van der Waals surface area (Å²) in [7, 11) is 0. The fourth-order valence-electron chi connectivity index (χ4n) is 3.42. The quantitative estimate of drug-likeness (QED) is 0.884. The molecule has 1 aliphatic heterocycles. The minimum atomic E-state index is -0.595. The first-order chi connectivity index (χ1) is 11.5. The number of hydrogen-bond acceptors (Lipinski definition) is 3. The molecule has 25 heavy (non-hydrogen) atoms. The molecular weight excluding hydrogens is 314 g/mol. The summed E-state index contributed by atoms with van der Waals surface area (Å²) in [6, 6.07) is 5.53. The van der Waals surface area contributed by atoms with E-state index in [2.05, 4.69) is 31.3 Å². The predicted octanol–water partition coefficient (Wildman–Crippen LogP) is 2.71. The van der Waals surface area contributed by atoms with Gasteiger partial charge < -0.3 is 16.0 Å². The van der Waals surface area contributed by atoms with Crippen molar-refractivity contribution in [3.05, 3.63) is 29.3 Å². The Kier molecular flexibility index (Phi) is 5.57. The number of aryl methyl sites for hydroxylation is 1. The Morgan fingerprint density at radius 1 is 1.36 bits per heavy atom. The van der Waals surface area contributed by atoms with E-state index >= 15 is 0 Å². The van der Waals surface area contributed by atoms with Crippen molar-refractivity contribution in [3.8, 4) is 0 Å². The fraction of sp³-hybridized carbons (Fsp3) is 0.600. The molecule has 1 heterocycles. The zero-order valence-corrected chi connectivity index (χ0v) is 16.2. The van der Waals surface area contributed by atoms with E-state index < -0.39 is 6.04 Å². The highest BCUT2D eigenvalue weighted by atomic mass is 16.2. The van der Waals surface area contributed by atoms with Gasteiger partial charge in [-0.3, -0.25) is 9.59 Å². The monoisotopic (exact) mass is 345 g/mol. The van der Waals surface area contributed by atoms with Crippen LogP contribution in [0.3, 0.4) is 0 Å². The molecule has 2 atom stereocenters. The van der Waals surface area contributed by atoms with Crippen LogP contribution in [-0.4, -0.2) is 29.9 Å². The SMILES string of the molecule is Cc1ccc2c(c1)N(CC(=O)NC(C)(C)C)C(=O)C(N)CC2C(C)C. The van der Waals surface area contributed by atoms with Gasteiger partial charge in [0.1, 0.15) is 6.54 Å². The lowest BCUT2D eigenvalue weighted by atomic mass is 9.83. The molecule has 0 saturated heterocycles. The van der Waals surface area contributed by atoms with Gasteiger partial charge in [0.15, 0.2) is 0 Å². The Hall–Kier alpha value is -1.88. The van der Waals surface area contributed by atoms with Crippen LogP contribution >= 0.6 is 0 Å². The van der Waals surface area contributed by atoms with Gasteiger partial charge in [0.05, 0.1) is 6.04 Å². The van der Waals surface area contributed by atoms with E-state index in [1.165, 1.54) is 0 Å². The number of hydrogen-bond donors (Lipinski definition) is 2. The summed E-state index contributed by atoms with van der Waals surface area (Å²) in [6.07, 6.45) is 0.601. The summed E-state index contributed by atoms with van der Waals surface area (Å²) in [5, 5.41) is 2.93. The molecule has 2 unspecified atom stereocenters. The van der Waals surface area contributed by atoms with Crippen molar-refractivity contribution in [2.45, 2.75) is 65.5 Å². The molecule has 2 amide bonds. The topological polar surface area (TPSA) is 75.4 Å². The molecule has 0 bridgehead atoms. The minimum Gasteiger partial charge on any atom is -0.350 e. The van der Waals surface area contributed by atoms with Crippen molar-refractivity contribution in [2.75, 3.05) is 11.4 Å². The number of anilines is 1. The smallest absolute Gasteiger partial charge is 0.244 e. The van der Waals surface area contributed by atoms with Crippen LogP contribution in [-0.2, 0) is 9.59 Å². The van der Waals surface area contributed by atoms with E-state index in [9.17, 15) is 9.59 Å². The first-order valence-corrected chi connectivity index (χ1v) is 8.98. The fourth-order valence-corrected chi connectivity index (χ4v) is 3.42. The molecule has 0 spiro atoms. The van der Waals surface area contributed by atoms with Crippen LogP contribution in [0.2, 0.25) is 0 Å². The second kappa shape index (κ2) is 7.16. The summed E-state index contributed by atoms with van der Waals surface area (Å²) in [5.74, 6) is 0.205. The molecule has 138 valence electrons. The van der Waals surface area contributed by atoms with Crippen molar-refractivity contribution in [1.29, 1.82) is 0 Å². The third-order valence-corrected chi connectivity index (χ3v) is 4.59. The van der Waals surface area contributed by atoms with Gasteiger partial charge in [0.2, 0.25) is 11.8 Å². The largest absolute Gasteiger partial charge is 0.350 e. The Morgan fingerprint density at radius 2 is 2.00 bits per heavy atom. The van der Waals surface area contributed by atoms with Crippen LogP contribution in [0.4, 0.5) is 5.69 Å². The van der Waals surface area contributed by atoms with E-state index in [-0.39, 0.29) is 29.8 Å². The maximum Gasteiger partial charge on any atom is 0.244 e. The summed E-state index contributed by atoms with van der Waals surface area (Å²) < 4.78 is 0. The van der Waals surface area contributed by atoms with E-state index in [1.54, 1.807) is 4.90 Å². The third kappa shape index (κ3) is 4.60. The van der Waals surface area contributed by atoms with Crippen LogP contribution in [0.5, 0.6) is 0 Å². The summed E-state index contributed by atoms with van der Waals surface area (Å²) >= 11 is 0. The second-order valence-corrected chi connectivity index (χ2v) is 8.48. The predicted molar refractivity (Wildman–Crippen MR) is 102 cm³/mol. The number of carbonyl (C=O) groups is 2. The van der Waals surface area contributed by atoms with Crippen molar-refractivity contribution in [2.24, 2.45) is 11.7 Å². The molecule has 5 heteroatoms. The zero-order valence-electron chi connectivity index (χ0n) is 16.2. The molecule has 0 saturated carbocycles. The van der Waals surface area contributed by atoms with Gasteiger partial charge in [-0.1, -0.05) is 26.0 Å². The molecule has 3 N–H and O–H groups in total. The Labute approximate surface area is 151 Å². The van der Waals surface area contributed by atoms with Crippen molar-refractivity contribution < 1.29 is 9.59 Å². The standard InChI is InChI=1S/C20H31N3O2/c1-12(2)15-10-16(21)19(25)23(11-18(24)22-20(4,5)6)17-9-13(3)7-8-14(15)17/h7-9,12,15-16H,10-11,21H2,1-6H3,(H,22,24). The lowest BCUT2D eigenvalue weighted by molar-refractivity contribution is -0.125. The van der Waals surface area contributed by atoms with Crippen molar-refractivity contribution in [1.82, 2.24) is 5.32 Å². The van der Waals surface area contributed by atoms with E-state index in [4.69, 9.17) is 5.73 Å². The highest BCUT2D eigenvalue weighted by Gasteiger charge is 2.35. The van der Waals surface area contributed by atoms with Gasteiger partial charge in [-0.25, -0.2) is 0 Å². The zero-order chi connectivity index (χ0) is 18.9. The number of rotatable bonds is 3.